The standard InChI is InChI=1S/C15H26N2OS/c1-11-15(18)17(10-13-8-4-5-9-19-13)14(16-11)12-6-2-3-7-12/h11-14,16H,2-10H2,1H3. The number of carbonyl (C=O) groups is 1. The maximum absolute atomic E-state index is 12.4. The first kappa shape index (κ1) is 13.7. The van der Waals surface area contributed by atoms with Gasteiger partial charge in [0.05, 0.1) is 12.2 Å². The van der Waals surface area contributed by atoms with Crippen LogP contribution in [0.2, 0.25) is 0 Å². The normalized spacial score (nSPS) is 37.2. The molecule has 3 fully saturated rings. The van der Waals surface area contributed by atoms with Gasteiger partial charge in [-0.3, -0.25) is 10.1 Å². The molecule has 3 unspecified atom stereocenters. The minimum Gasteiger partial charge on any atom is -0.324 e. The zero-order valence-corrected chi connectivity index (χ0v) is 12.8. The van der Waals surface area contributed by atoms with E-state index in [0.717, 1.165) is 6.54 Å². The van der Waals surface area contributed by atoms with Crippen LogP contribution in [0.4, 0.5) is 0 Å². The van der Waals surface area contributed by atoms with Crippen LogP contribution in [-0.4, -0.2) is 40.6 Å². The highest BCUT2D eigenvalue weighted by Gasteiger charge is 2.42. The van der Waals surface area contributed by atoms with Gasteiger partial charge in [0.1, 0.15) is 0 Å². The quantitative estimate of drug-likeness (QED) is 0.863. The predicted molar refractivity (Wildman–Crippen MR) is 80.2 cm³/mol. The lowest BCUT2D eigenvalue weighted by Crippen LogP contribution is -2.45. The second kappa shape index (κ2) is 6.04. The van der Waals surface area contributed by atoms with Gasteiger partial charge in [0.25, 0.3) is 0 Å². The van der Waals surface area contributed by atoms with Crippen LogP contribution in [0.1, 0.15) is 51.9 Å². The highest BCUT2D eigenvalue weighted by atomic mass is 32.2. The monoisotopic (exact) mass is 282 g/mol. The number of rotatable bonds is 3. The maximum Gasteiger partial charge on any atom is 0.240 e. The summed E-state index contributed by atoms with van der Waals surface area (Å²) in [5, 5.41) is 4.23. The smallest absolute Gasteiger partial charge is 0.240 e. The summed E-state index contributed by atoms with van der Waals surface area (Å²) in [6.07, 6.45) is 9.60. The molecule has 3 rings (SSSR count). The third-order valence-electron chi connectivity index (χ3n) is 4.93. The molecule has 2 aliphatic heterocycles. The van der Waals surface area contributed by atoms with Crippen LogP contribution in [0.15, 0.2) is 0 Å². The van der Waals surface area contributed by atoms with E-state index in [-0.39, 0.29) is 6.04 Å². The molecule has 0 radical (unpaired) electrons. The lowest BCUT2D eigenvalue weighted by molar-refractivity contribution is -0.130. The topological polar surface area (TPSA) is 32.3 Å². The molecule has 1 amide bonds. The van der Waals surface area contributed by atoms with Crippen LogP contribution >= 0.6 is 11.8 Å². The Morgan fingerprint density at radius 2 is 1.95 bits per heavy atom. The summed E-state index contributed by atoms with van der Waals surface area (Å²) in [6, 6.07) is 0.0270. The summed E-state index contributed by atoms with van der Waals surface area (Å²) >= 11 is 2.08. The molecule has 1 saturated carbocycles. The molecule has 0 aromatic carbocycles. The Kier molecular flexibility index (Phi) is 4.37. The molecule has 4 heteroatoms. The van der Waals surface area contributed by atoms with Crippen LogP contribution in [0.3, 0.4) is 0 Å². The van der Waals surface area contributed by atoms with Crippen molar-refractivity contribution >= 4 is 17.7 Å². The van der Waals surface area contributed by atoms with Crippen molar-refractivity contribution in [3.05, 3.63) is 0 Å². The molecule has 0 aromatic rings. The molecule has 108 valence electrons. The number of carbonyl (C=O) groups excluding carboxylic acids is 1. The molecule has 0 bridgehead atoms. The summed E-state index contributed by atoms with van der Waals surface area (Å²) in [7, 11) is 0. The van der Waals surface area contributed by atoms with Crippen LogP contribution < -0.4 is 5.32 Å². The van der Waals surface area contributed by atoms with E-state index in [9.17, 15) is 4.79 Å². The summed E-state index contributed by atoms with van der Waals surface area (Å²) in [4.78, 5) is 14.6. The Labute approximate surface area is 120 Å². The van der Waals surface area contributed by atoms with E-state index in [1.165, 1.54) is 50.7 Å². The van der Waals surface area contributed by atoms with Crippen molar-refractivity contribution in [3.8, 4) is 0 Å². The summed E-state index contributed by atoms with van der Waals surface area (Å²) < 4.78 is 0. The predicted octanol–water partition coefficient (Wildman–Crippen LogP) is 2.61. The van der Waals surface area contributed by atoms with Crippen LogP contribution in [-0.2, 0) is 4.79 Å². The first-order valence-electron chi connectivity index (χ1n) is 7.94. The van der Waals surface area contributed by atoms with Gasteiger partial charge in [-0.2, -0.15) is 11.8 Å². The number of nitrogens with one attached hydrogen (secondary N) is 1. The van der Waals surface area contributed by atoms with E-state index < -0.39 is 0 Å². The molecule has 0 spiro atoms. The van der Waals surface area contributed by atoms with Crippen molar-refractivity contribution < 1.29 is 4.79 Å². The minimum atomic E-state index is 0.0270. The highest BCUT2D eigenvalue weighted by molar-refractivity contribution is 7.99. The van der Waals surface area contributed by atoms with Gasteiger partial charge in [-0.25, -0.2) is 0 Å². The lowest BCUT2D eigenvalue weighted by Gasteiger charge is -2.33. The van der Waals surface area contributed by atoms with E-state index in [4.69, 9.17) is 0 Å². The SMILES string of the molecule is CC1NC(C2CCCC2)N(CC2CCCCS2)C1=O. The Bertz CT molecular complexity index is 324. The summed E-state index contributed by atoms with van der Waals surface area (Å²) in [6.45, 7) is 3.00. The lowest BCUT2D eigenvalue weighted by atomic mass is 10.0. The molecule has 2 saturated heterocycles. The molecule has 3 nitrogen and oxygen atoms in total. The molecule has 1 N–H and O–H groups in total. The van der Waals surface area contributed by atoms with Crippen LogP contribution in [0, 0.1) is 5.92 Å². The Morgan fingerprint density at radius 3 is 2.63 bits per heavy atom. The van der Waals surface area contributed by atoms with Crippen molar-refractivity contribution in [3.63, 3.8) is 0 Å². The average molecular weight is 282 g/mol. The van der Waals surface area contributed by atoms with Crippen LogP contribution in [0.25, 0.3) is 0 Å². The number of nitrogens with zero attached hydrogens (tertiary/aromatic N) is 1. The highest BCUT2D eigenvalue weighted by Crippen LogP contribution is 2.34. The van der Waals surface area contributed by atoms with E-state index in [1.54, 1.807) is 0 Å². The van der Waals surface area contributed by atoms with E-state index in [2.05, 4.69) is 22.0 Å². The van der Waals surface area contributed by atoms with Gasteiger partial charge in [0.2, 0.25) is 5.91 Å². The molecule has 0 aromatic heterocycles. The van der Waals surface area contributed by atoms with Gasteiger partial charge in [-0.15, -0.1) is 0 Å². The molecular weight excluding hydrogens is 256 g/mol. The van der Waals surface area contributed by atoms with Crippen molar-refractivity contribution in [1.82, 2.24) is 10.2 Å². The molecular formula is C15H26N2OS. The largest absolute Gasteiger partial charge is 0.324 e. The van der Waals surface area contributed by atoms with Crippen molar-refractivity contribution in [2.75, 3.05) is 12.3 Å². The first-order chi connectivity index (χ1) is 9.25. The Morgan fingerprint density at radius 1 is 1.21 bits per heavy atom. The van der Waals surface area contributed by atoms with Gasteiger partial charge >= 0.3 is 0 Å². The second-order valence-corrected chi connectivity index (χ2v) is 7.77. The number of thioether (sulfide) groups is 1. The zero-order valence-electron chi connectivity index (χ0n) is 11.9. The van der Waals surface area contributed by atoms with Crippen molar-refractivity contribution in [2.24, 2.45) is 5.92 Å². The fourth-order valence-corrected chi connectivity index (χ4v) is 5.14. The first-order valence-corrected chi connectivity index (χ1v) is 8.98. The molecule has 3 aliphatic rings. The van der Waals surface area contributed by atoms with Gasteiger partial charge in [0.15, 0.2) is 0 Å². The second-order valence-electron chi connectivity index (χ2n) is 6.36. The van der Waals surface area contributed by atoms with E-state index in [0.29, 0.717) is 23.2 Å². The third kappa shape index (κ3) is 2.94. The van der Waals surface area contributed by atoms with E-state index in [1.807, 2.05) is 6.92 Å². The Hall–Kier alpha value is -0.220. The Balaban J connectivity index is 1.66. The molecule has 3 atom stereocenters. The summed E-state index contributed by atoms with van der Waals surface area (Å²) in [5.41, 5.74) is 0. The van der Waals surface area contributed by atoms with Gasteiger partial charge in [0, 0.05) is 11.8 Å². The fourth-order valence-electron chi connectivity index (χ4n) is 3.84. The fraction of sp³-hybridized carbons (Fsp3) is 0.933. The molecule has 19 heavy (non-hydrogen) atoms. The number of hydrogen-bond donors (Lipinski definition) is 1. The van der Waals surface area contributed by atoms with Gasteiger partial charge in [-0.1, -0.05) is 19.3 Å². The number of hydrogen-bond acceptors (Lipinski definition) is 3. The third-order valence-corrected chi connectivity index (χ3v) is 6.31. The summed E-state index contributed by atoms with van der Waals surface area (Å²) in [5.74, 6) is 2.31. The van der Waals surface area contributed by atoms with E-state index >= 15 is 0 Å². The minimum absolute atomic E-state index is 0.0270. The zero-order chi connectivity index (χ0) is 13.2. The van der Waals surface area contributed by atoms with Crippen molar-refractivity contribution in [1.29, 1.82) is 0 Å². The number of amides is 1. The van der Waals surface area contributed by atoms with Crippen LogP contribution in [0.5, 0.6) is 0 Å². The van der Waals surface area contributed by atoms with Gasteiger partial charge < -0.3 is 4.90 Å². The average Bonchev–Trinajstić information content (AvgIpc) is 3.04. The maximum atomic E-state index is 12.4. The van der Waals surface area contributed by atoms with Gasteiger partial charge in [-0.05, 0) is 44.3 Å². The molecule has 2 heterocycles. The molecule has 1 aliphatic carbocycles. The van der Waals surface area contributed by atoms with Crippen molar-refractivity contribution in [2.45, 2.75) is 69.3 Å².